The molecule has 0 bridgehead atoms. The first kappa shape index (κ1) is 31.2. The molecule has 2 heterocycles. The van der Waals surface area contributed by atoms with E-state index < -0.39 is 44.3 Å². The summed E-state index contributed by atoms with van der Waals surface area (Å²) >= 11 is 0. The maximum absolute atomic E-state index is 13.9. The van der Waals surface area contributed by atoms with Crippen LogP contribution in [0.4, 0.5) is 19.1 Å². The van der Waals surface area contributed by atoms with E-state index in [1.807, 2.05) is 32.0 Å². The van der Waals surface area contributed by atoms with E-state index in [0.29, 0.717) is 16.7 Å². The number of carboxylic acids is 1. The van der Waals surface area contributed by atoms with E-state index in [2.05, 4.69) is 25.0 Å². The zero-order chi connectivity index (χ0) is 32.2. The first-order chi connectivity index (χ1) is 21.2. The van der Waals surface area contributed by atoms with E-state index in [9.17, 15) is 31.5 Å². The number of rotatable bonds is 12. The molecule has 6 rings (SSSR count). The van der Waals surface area contributed by atoms with Crippen LogP contribution in [0.1, 0.15) is 66.6 Å². The van der Waals surface area contributed by atoms with E-state index in [1.54, 1.807) is 0 Å². The Bertz CT molecular complexity index is 1710. The lowest BCUT2D eigenvalue weighted by molar-refractivity contribution is -0.191. The number of alkyl halides is 3. The molecule has 1 atom stereocenters. The molecule has 1 aromatic carbocycles. The highest BCUT2D eigenvalue weighted by Crippen LogP contribution is 2.62. The first-order valence-corrected chi connectivity index (χ1v) is 16.3. The number of aromatic nitrogens is 3. The molecule has 3 fully saturated rings. The van der Waals surface area contributed by atoms with Gasteiger partial charge in [0.05, 0.1) is 11.1 Å². The minimum atomic E-state index is -4.43. The first-order valence-electron chi connectivity index (χ1n) is 14.8. The minimum absolute atomic E-state index is 0.0245. The van der Waals surface area contributed by atoms with Gasteiger partial charge >= 0.3 is 12.1 Å². The van der Waals surface area contributed by atoms with Crippen LogP contribution in [0.3, 0.4) is 0 Å². The van der Waals surface area contributed by atoms with Crippen LogP contribution in [0.25, 0.3) is 11.3 Å². The summed E-state index contributed by atoms with van der Waals surface area (Å²) in [6.07, 6.45) is -0.0734. The zero-order valence-corrected chi connectivity index (χ0v) is 25.6. The van der Waals surface area contributed by atoms with Gasteiger partial charge in [-0.25, -0.2) is 19.5 Å². The van der Waals surface area contributed by atoms with Crippen molar-refractivity contribution in [2.24, 2.45) is 10.8 Å². The van der Waals surface area contributed by atoms with Crippen LogP contribution in [-0.4, -0.2) is 59.3 Å². The van der Waals surface area contributed by atoms with E-state index in [1.165, 1.54) is 12.1 Å². The number of carboxylic acid groups (broad SMARTS) is 1. The molecular weight excluding hydrogens is 611 g/mol. The molecule has 10 nitrogen and oxygen atoms in total. The summed E-state index contributed by atoms with van der Waals surface area (Å²) in [7, 11) is -4.43. The van der Waals surface area contributed by atoms with Gasteiger partial charge in [-0.05, 0) is 87.5 Å². The Balaban J connectivity index is 1.29. The van der Waals surface area contributed by atoms with Crippen molar-refractivity contribution in [3.05, 3.63) is 59.3 Å². The summed E-state index contributed by atoms with van der Waals surface area (Å²) in [5.41, 5.74) is 0.923. The largest absolute Gasteiger partial charge is 0.477 e. The van der Waals surface area contributed by atoms with Gasteiger partial charge in [-0.2, -0.15) is 26.6 Å². The summed E-state index contributed by atoms with van der Waals surface area (Å²) in [6, 6.07) is 10.2. The Kier molecular flexibility index (Phi) is 7.79. The summed E-state index contributed by atoms with van der Waals surface area (Å²) in [5, 5.41) is 12.1. The van der Waals surface area contributed by atoms with Gasteiger partial charge in [0.1, 0.15) is 12.3 Å². The maximum Gasteiger partial charge on any atom is 0.394 e. The zero-order valence-electron chi connectivity index (χ0n) is 24.8. The van der Waals surface area contributed by atoms with Crippen molar-refractivity contribution in [2.75, 3.05) is 11.3 Å². The van der Waals surface area contributed by atoms with Crippen molar-refractivity contribution in [1.82, 2.24) is 20.3 Å². The number of pyridine rings is 1. The molecule has 3 aliphatic carbocycles. The predicted molar refractivity (Wildman–Crippen MR) is 158 cm³/mol. The molecule has 3 aromatic rings. The second-order valence-electron chi connectivity index (χ2n) is 12.7. The summed E-state index contributed by atoms with van der Waals surface area (Å²) in [6.45, 7) is 3.63. The number of halogens is 3. The monoisotopic (exact) mass is 645 g/mol. The Morgan fingerprint density at radius 3 is 2.31 bits per heavy atom. The standard InChI is InChI=1S/C31H34F3N5O5S/c1-18-5-3-6-19(2)26(18)23-13-24(38-28(37-23)39-45(42,43)25-8-4-7-22(36-25)27(40)41)44-17-21(16-30(11-12-30)31(32,33)34)35-20-14-29(15-20)9-10-29/h3-8,13,20-21,35H,9-12,14-17H2,1-2H3,(H,40,41)(H,37,38,39)/t21-/m1/s1. The smallest absolute Gasteiger partial charge is 0.394 e. The minimum Gasteiger partial charge on any atom is -0.477 e. The summed E-state index contributed by atoms with van der Waals surface area (Å²) in [4.78, 5) is 23.7. The molecule has 0 radical (unpaired) electrons. The molecule has 0 aliphatic heterocycles. The molecule has 3 N–H and O–H groups in total. The van der Waals surface area contributed by atoms with Crippen molar-refractivity contribution in [2.45, 2.75) is 82.1 Å². The molecule has 0 saturated heterocycles. The fourth-order valence-electron chi connectivity index (χ4n) is 6.35. The summed E-state index contributed by atoms with van der Waals surface area (Å²) < 4.78 is 76.5. The van der Waals surface area contributed by atoms with Crippen molar-refractivity contribution in [3.63, 3.8) is 0 Å². The lowest BCUT2D eigenvalue weighted by Gasteiger charge is -2.40. The number of benzene rings is 1. The number of hydrogen-bond acceptors (Lipinski definition) is 8. The SMILES string of the molecule is Cc1cccc(C)c1-c1cc(OC[C@@H](CC2(C(F)(F)F)CC2)NC2CC3(CC3)C2)nc(NS(=O)(=O)c2cccc(C(=O)O)n2)n1. The molecule has 0 unspecified atom stereocenters. The van der Waals surface area contributed by atoms with Gasteiger partial charge in [0, 0.05) is 23.7 Å². The molecule has 2 aromatic heterocycles. The molecule has 14 heteroatoms. The highest BCUT2D eigenvalue weighted by Gasteiger charge is 2.63. The molecule has 3 aliphatic rings. The molecule has 0 amide bonds. The Labute approximate surface area is 258 Å². The van der Waals surface area contributed by atoms with Crippen LogP contribution in [0, 0.1) is 24.7 Å². The average molecular weight is 646 g/mol. The van der Waals surface area contributed by atoms with E-state index in [0.717, 1.165) is 48.9 Å². The Morgan fingerprint density at radius 2 is 1.71 bits per heavy atom. The van der Waals surface area contributed by atoms with Gasteiger partial charge in [-0.15, -0.1) is 0 Å². The third kappa shape index (κ3) is 6.62. The number of carbonyl (C=O) groups is 1. The number of anilines is 1. The molecule has 45 heavy (non-hydrogen) atoms. The second kappa shape index (κ2) is 11.2. The van der Waals surface area contributed by atoms with Crippen molar-refractivity contribution in [3.8, 4) is 17.1 Å². The van der Waals surface area contributed by atoms with Crippen LogP contribution in [0.5, 0.6) is 5.88 Å². The topological polar surface area (TPSA) is 143 Å². The van der Waals surface area contributed by atoms with Gasteiger partial charge in [0.2, 0.25) is 11.8 Å². The molecule has 240 valence electrons. The highest BCUT2D eigenvalue weighted by molar-refractivity contribution is 7.92. The van der Waals surface area contributed by atoms with Crippen molar-refractivity contribution >= 4 is 21.9 Å². The predicted octanol–water partition coefficient (Wildman–Crippen LogP) is 5.67. The van der Waals surface area contributed by atoms with Crippen LogP contribution >= 0.6 is 0 Å². The number of nitrogens with zero attached hydrogens (tertiary/aromatic N) is 3. The van der Waals surface area contributed by atoms with Gasteiger partial charge in [0.15, 0.2) is 5.03 Å². The van der Waals surface area contributed by atoms with E-state index >= 15 is 0 Å². The summed E-state index contributed by atoms with van der Waals surface area (Å²) in [5.74, 6) is -1.78. The molecular formula is C31H34F3N5O5S. The van der Waals surface area contributed by atoms with Crippen LogP contribution in [0.2, 0.25) is 0 Å². The average Bonchev–Trinajstić information content (AvgIpc) is 3.87. The fourth-order valence-corrected chi connectivity index (χ4v) is 7.26. The van der Waals surface area contributed by atoms with Gasteiger partial charge < -0.3 is 15.2 Å². The quantitative estimate of drug-likeness (QED) is 0.227. The normalized spacial score (nSPS) is 19.0. The van der Waals surface area contributed by atoms with Crippen LogP contribution < -0.4 is 14.8 Å². The number of aromatic carboxylic acids is 1. The maximum atomic E-state index is 13.9. The lowest BCUT2D eigenvalue weighted by Crippen LogP contribution is -2.50. The Morgan fingerprint density at radius 1 is 1.04 bits per heavy atom. The van der Waals surface area contributed by atoms with Gasteiger partial charge in [-0.1, -0.05) is 24.3 Å². The van der Waals surface area contributed by atoms with E-state index in [4.69, 9.17) is 4.74 Å². The number of ether oxygens (including phenoxy) is 1. The number of aryl methyl sites for hydroxylation is 2. The second-order valence-corrected chi connectivity index (χ2v) is 14.3. The van der Waals surface area contributed by atoms with Gasteiger partial charge in [-0.3, -0.25) is 0 Å². The number of nitrogens with one attached hydrogen (secondary N) is 2. The van der Waals surface area contributed by atoms with Gasteiger partial charge in [0.25, 0.3) is 10.0 Å². The lowest BCUT2D eigenvalue weighted by atomic mass is 9.76. The number of sulfonamides is 1. The third-order valence-electron chi connectivity index (χ3n) is 9.20. The van der Waals surface area contributed by atoms with Crippen molar-refractivity contribution in [1.29, 1.82) is 0 Å². The van der Waals surface area contributed by atoms with Crippen LogP contribution in [0.15, 0.2) is 47.5 Å². The Hall–Kier alpha value is -3.78. The van der Waals surface area contributed by atoms with Crippen LogP contribution in [-0.2, 0) is 10.0 Å². The van der Waals surface area contributed by atoms with E-state index in [-0.39, 0.29) is 43.7 Å². The third-order valence-corrected chi connectivity index (χ3v) is 10.4. The fraction of sp³-hybridized carbons (Fsp3) is 0.484. The van der Waals surface area contributed by atoms with Crippen molar-refractivity contribution < 1.29 is 36.2 Å². The highest BCUT2D eigenvalue weighted by atomic mass is 32.2. The number of hydrogen-bond donors (Lipinski definition) is 3. The molecule has 3 saturated carbocycles. The molecule has 1 spiro atoms.